The summed E-state index contributed by atoms with van der Waals surface area (Å²) < 4.78 is 0.774. The van der Waals surface area contributed by atoms with Crippen molar-refractivity contribution in [3.05, 3.63) is 45.1 Å². The molecule has 1 atom stereocenters. The quantitative estimate of drug-likeness (QED) is 0.425. The van der Waals surface area contributed by atoms with Crippen molar-refractivity contribution in [1.29, 1.82) is 0 Å². The van der Waals surface area contributed by atoms with Crippen molar-refractivity contribution in [2.24, 2.45) is 5.41 Å². The Balaban J connectivity index is 1.91. The van der Waals surface area contributed by atoms with Gasteiger partial charge in [0.15, 0.2) is 10.1 Å². The van der Waals surface area contributed by atoms with Crippen LogP contribution in [0.15, 0.2) is 33.8 Å². The molecule has 0 N–H and O–H groups in total. The Morgan fingerprint density at radius 1 is 1.21 bits per heavy atom. The molecule has 0 saturated carbocycles. The van der Waals surface area contributed by atoms with Crippen LogP contribution in [0.2, 0.25) is 10.0 Å². The van der Waals surface area contributed by atoms with E-state index in [-0.39, 0.29) is 23.5 Å². The van der Waals surface area contributed by atoms with Crippen molar-refractivity contribution in [2.45, 2.75) is 43.4 Å². The lowest BCUT2D eigenvalue weighted by Gasteiger charge is -2.42. The highest BCUT2D eigenvalue weighted by atomic mass is 35.5. The van der Waals surface area contributed by atoms with Crippen molar-refractivity contribution >= 4 is 63.1 Å². The zero-order valence-corrected chi connectivity index (χ0v) is 19.3. The smallest absolute Gasteiger partial charge is 0.234 e. The molecule has 0 saturated heterocycles. The maximum absolute atomic E-state index is 13.3. The number of Topliss-reactive ketones (excluding diaryl/α,β-unsaturated/α-hetero) is 1. The number of benzene rings is 1. The number of allylic oxidation sites excluding steroid dienone is 2. The molecular formula is C20H19Cl2N3O2S2. The Bertz CT molecular complexity index is 1050. The highest BCUT2D eigenvalue weighted by Crippen LogP contribution is 2.50. The molecule has 1 amide bonds. The van der Waals surface area contributed by atoms with Gasteiger partial charge in [-0.2, -0.15) is 0 Å². The number of halogens is 2. The number of hydrogen-bond donors (Lipinski definition) is 0. The molecular weight excluding hydrogens is 449 g/mol. The van der Waals surface area contributed by atoms with E-state index >= 15 is 0 Å². The van der Waals surface area contributed by atoms with Gasteiger partial charge in [0.2, 0.25) is 11.0 Å². The van der Waals surface area contributed by atoms with Crippen LogP contribution in [0, 0.1) is 5.41 Å². The van der Waals surface area contributed by atoms with Crippen molar-refractivity contribution < 1.29 is 9.59 Å². The average molecular weight is 468 g/mol. The number of carbonyl (C=O) groups excluding carboxylic acids is 2. The molecule has 0 fully saturated rings. The number of amides is 1. The molecule has 1 aliphatic carbocycles. The van der Waals surface area contributed by atoms with Gasteiger partial charge in [0.05, 0.1) is 10.0 Å². The number of nitrogens with zero attached hydrogens (tertiary/aromatic N) is 3. The lowest BCUT2D eigenvalue weighted by molar-refractivity contribution is -0.121. The molecule has 0 spiro atoms. The summed E-state index contributed by atoms with van der Waals surface area (Å²) in [5.41, 5.74) is 1.83. The van der Waals surface area contributed by atoms with Gasteiger partial charge in [-0.25, -0.2) is 0 Å². The number of thioether (sulfide) groups is 1. The average Bonchev–Trinajstić information content (AvgIpc) is 3.10. The van der Waals surface area contributed by atoms with Crippen LogP contribution in [0.4, 0.5) is 5.13 Å². The van der Waals surface area contributed by atoms with Gasteiger partial charge in [0.1, 0.15) is 0 Å². The summed E-state index contributed by atoms with van der Waals surface area (Å²) in [5, 5.41) is 9.66. The van der Waals surface area contributed by atoms with Crippen LogP contribution < -0.4 is 4.90 Å². The van der Waals surface area contributed by atoms with E-state index < -0.39 is 5.92 Å². The first-order chi connectivity index (χ1) is 13.7. The summed E-state index contributed by atoms with van der Waals surface area (Å²) in [6.07, 6.45) is 3.08. The molecule has 152 valence electrons. The minimum atomic E-state index is -0.406. The van der Waals surface area contributed by atoms with Crippen molar-refractivity contribution in [1.82, 2.24) is 10.2 Å². The Labute approximate surface area is 187 Å². The first-order valence-electron chi connectivity index (χ1n) is 9.12. The second kappa shape index (κ2) is 7.69. The molecule has 1 aromatic heterocycles. The van der Waals surface area contributed by atoms with E-state index in [1.165, 1.54) is 23.1 Å². The Morgan fingerprint density at radius 3 is 2.66 bits per heavy atom. The van der Waals surface area contributed by atoms with Crippen molar-refractivity contribution in [3.8, 4) is 0 Å². The van der Waals surface area contributed by atoms with E-state index in [4.69, 9.17) is 23.2 Å². The first kappa shape index (κ1) is 20.8. The largest absolute Gasteiger partial charge is 0.294 e. The Hall–Kier alpha value is -1.41. The lowest BCUT2D eigenvalue weighted by atomic mass is 9.69. The van der Waals surface area contributed by atoms with Crippen LogP contribution >= 0.6 is 46.3 Å². The summed E-state index contributed by atoms with van der Waals surface area (Å²) >= 11 is 15.5. The van der Waals surface area contributed by atoms with Gasteiger partial charge in [-0.1, -0.05) is 72.3 Å². The van der Waals surface area contributed by atoms with Gasteiger partial charge in [-0.3, -0.25) is 14.5 Å². The van der Waals surface area contributed by atoms with Gasteiger partial charge in [-0.15, -0.1) is 10.2 Å². The third kappa shape index (κ3) is 3.74. The van der Waals surface area contributed by atoms with Gasteiger partial charge in [0, 0.05) is 30.0 Å². The first-order valence-corrected chi connectivity index (χ1v) is 11.9. The monoisotopic (exact) mass is 467 g/mol. The molecule has 0 radical (unpaired) electrons. The molecule has 1 aliphatic heterocycles. The molecule has 9 heteroatoms. The lowest BCUT2D eigenvalue weighted by Crippen LogP contribution is -2.43. The molecule has 2 aromatic rings. The number of aromatic nitrogens is 2. The Kier molecular flexibility index (Phi) is 5.53. The van der Waals surface area contributed by atoms with E-state index in [2.05, 4.69) is 10.2 Å². The number of ketones is 1. The predicted octanol–water partition coefficient (Wildman–Crippen LogP) is 5.73. The predicted molar refractivity (Wildman–Crippen MR) is 118 cm³/mol. The summed E-state index contributed by atoms with van der Waals surface area (Å²) in [4.78, 5) is 28.1. The van der Waals surface area contributed by atoms with Crippen LogP contribution in [-0.2, 0) is 9.59 Å². The number of anilines is 1. The summed E-state index contributed by atoms with van der Waals surface area (Å²) in [6.45, 7) is 4.08. The SMILES string of the molecule is CSc1nnc(N2C(=O)C[C@H](c3cccc(Cl)c3Cl)C3=C2CC(C)(C)CC3=O)s1. The van der Waals surface area contributed by atoms with Gasteiger partial charge < -0.3 is 0 Å². The molecule has 2 aliphatic rings. The van der Waals surface area contributed by atoms with Crippen LogP contribution in [0.25, 0.3) is 0 Å². The summed E-state index contributed by atoms with van der Waals surface area (Å²) in [5.74, 6) is -0.472. The van der Waals surface area contributed by atoms with Crippen LogP contribution in [-0.4, -0.2) is 28.1 Å². The number of carbonyl (C=O) groups is 2. The molecule has 5 nitrogen and oxygen atoms in total. The van der Waals surface area contributed by atoms with Crippen molar-refractivity contribution in [3.63, 3.8) is 0 Å². The van der Waals surface area contributed by atoms with E-state index in [9.17, 15) is 9.59 Å². The molecule has 4 rings (SSSR count). The zero-order chi connectivity index (χ0) is 20.9. The second-order valence-electron chi connectivity index (χ2n) is 7.98. The third-order valence-electron chi connectivity index (χ3n) is 5.26. The standard InChI is InChI=1S/C20H19Cl2N3O2S2/c1-20(2)8-13-16(14(26)9-20)11(10-5-4-6-12(21)17(10)22)7-15(27)25(13)18-23-24-19(28-3)29-18/h4-6,11H,7-9H2,1-3H3/t11-/m1/s1. The molecule has 1 aromatic carbocycles. The topological polar surface area (TPSA) is 63.2 Å². The van der Waals surface area contributed by atoms with Gasteiger partial charge >= 0.3 is 0 Å². The maximum atomic E-state index is 13.3. The fourth-order valence-electron chi connectivity index (χ4n) is 4.07. The number of hydrogen-bond acceptors (Lipinski definition) is 6. The van der Waals surface area contributed by atoms with E-state index in [1.807, 2.05) is 26.2 Å². The zero-order valence-electron chi connectivity index (χ0n) is 16.2. The normalized spacial score (nSPS) is 21.6. The highest BCUT2D eigenvalue weighted by molar-refractivity contribution is 8.00. The van der Waals surface area contributed by atoms with Crippen LogP contribution in [0.5, 0.6) is 0 Å². The minimum Gasteiger partial charge on any atom is -0.294 e. The second-order valence-corrected chi connectivity index (χ2v) is 10.8. The molecule has 0 unspecified atom stereocenters. The fraction of sp³-hybridized carbons (Fsp3) is 0.400. The van der Waals surface area contributed by atoms with E-state index in [1.54, 1.807) is 17.0 Å². The van der Waals surface area contributed by atoms with Crippen LogP contribution in [0.1, 0.15) is 44.6 Å². The van der Waals surface area contributed by atoms with E-state index in [0.29, 0.717) is 39.3 Å². The van der Waals surface area contributed by atoms with Crippen molar-refractivity contribution in [2.75, 3.05) is 11.2 Å². The molecule has 2 heterocycles. The van der Waals surface area contributed by atoms with Gasteiger partial charge in [-0.05, 0) is 29.7 Å². The fourth-order valence-corrected chi connectivity index (χ4v) is 5.81. The molecule has 29 heavy (non-hydrogen) atoms. The van der Waals surface area contributed by atoms with Crippen LogP contribution in [0.3, 0.4) is 0 Å². The third-order valence-corrected chi connectivity index (χ3v) is 7.98. The summed E-state index contributed by atoms with van der Waals surface area (Å²) in [6, 6.07) is 5.35. The van der Waals surface area contributed by atoms with Gasteiger partial charge in [0.25, 0.3) is 0 Å². The highest BCUT2D eigenvalue weighted by Gasteiger charge is 2.45. The van der Waals surface area contributed by atoms with E-state index in [0.717, 1.165) is 9.90 Å². The Morgan fingerprint density at radius 2 is 1.97 bits per heavy atom. The number of rotatable bonds is 3. The maximum Gasteiger partial charge on any atom is 0.234 e. The molecule has 0 bridgehead atoms. The minimum absolute atomic E-state index is 0.0457. The summed E-state index contributed by atoms with van der Waals surface area (Å²) in [7, 11) is 0.